The number of urea groups is 1. The van der Waals surface area contributed by atoms with Gasteiger partial charge in [-0.2, -0.15) is 0 Å². The molecule has 0 radical (unpaired) electrons. The van der Waals surface area contributed by atoms with E-state index in [-0.39, 0.29) is 55.1 Å². The number of halogens is 1. The normalized spacial score (nSPS) is 19.7. The number of nitrogens with one attached hydrogen (secondary N) is 2. The summed E-state index contributed by atoms with van der Waals surface area (Å²) in [5.41, 5.74) is 1.92. The molecule has 0 unspecified atom stereocenters. The zero-order valence-electron chi connectivity index (χ0n) is 28.2. The molecule has 1 aliphatic rings. The van der Waals surface area contributed by atoms with Crippen molar-refractivity contribution in [3.05, 3.63) is 89.7 Å². The van der Waals surface area contributed by atoms with Crippen LogP contribution in [0.5, 0.6) is 5.75 Å². The number of nitrogens with zero attached hydrogens (tertiary/aromatic N) is 2. The summed E-state index contributed by atoms with van der Waals surface area (Å²) in [6.07, 6.45) is 2.06. The van der Waals surface area contributed by atoms with Crippen LogP contribution in [-0.2, 0) is 16.0 Å². The van der Waals surface area contributed by atoms with Crippen LogP contribution in [0.3, 0.4) is 0 Å². The minimum Gasteiger partial charge on any atom is -0.490 e. The van der Waals surface area contributed by atoms with Crippen LogP contribution < -0.4 is 15.4 Å². The Morgan fingerprint density at radius 1 is 1.02 bits per heavy atom. The maximum absolute atomic E-state index is 14.3. The summed E-state index contributed by atoms with van der Waals surface area (Å²) < 4.78 is 25.9. The molecule has 48 heavy (non-hydrogen) atoms. The summed E-state index contributed by atoms with van der Waals surface area (Å²) in [5.74, 6) is -0.661. The number of likely N-dealkylation sites (N-methyl/N-ethyl adjacent to an activating group) is 1. The number of hydrogen-bond acceptors (Lipinski definition) is 6. The summed E-state index contributed by atoms with van der Waals surface area (Å²) in [6, 6.07) is 18.7. The Balaban J connectivity index is 1.57. The summed E-state index contributed by atoms with van der Waals surface area (Å²) in [6.45, 7) is 6.49. The average Bonchev–Trinajstić information content (AvgIpc) is 3.07. The molecule has 0 aliphatic carbocycles. The smallest absolute Gasteiger partial charge is 0.323 e. The van der Waals surface area contributed by atoms with E-state index in [1.165, 1.54) is 24.3 Å². The molecule has 0 fully saturated rings. The zero-order chi connectivity index (χ0) is 34.6. The molecule has 1 aliphatic heterocycles. The van der Waals surface area contributed by atoms with Crippen LogP contribution in [0.4, 0.5) is 20.6 Å². The summed E-state index contributed by atoms with van der Waals surface area (Å²) in [4.78, 5) is 43.5. The number of benzene rings is 3. The van der Waals surface area contributed by atoms with Gasteiger partial charge < -0.3 is 35.0 Å². The number of fused-ring (bicyclic) bond motifs is 1. The molecule has 258 valence electrons. The third kappa shape index (κ3) is 10.5. The highest BCUT2D eigenvalue weighted by Gasteiger charge is 2.31. The van der Waals surface area contributed by atoms with Gasteiger partial charge in [0.2, 0.25) is 5.91 Å². The molecule has 1 heterocycles. The second-order valence-corrected chi connectivity index (χ2v) is 12.5. The lowest BCUT2D eigenvalue weighted by Crippen LogP contribution is -2.48. The Hall–Kier alpha value is -4.48. The zero-order valence-corrected chi connectivity index (χ0v) is 28.2. The van der Waals surface area contributed by atoms with Crippen molar-refractivity contribution in [2.75, 3.05) is 44.0 Å². The van der Waals surface area contributed by atoms with Crippen molar-refractivity contribution in [2.45, 2.75) is 64.7 Å². The van der Waals surface area contributed by atoms with Gasteiger partial charge in [-0.25, -0.2) is 9.18 Å². The third-order valence-electron chi connectivity index (χ3n) is 8.49. The minimum absolute atomic E-state index is 0.0311. The standard InChI is InChI=1S/C37H47FN4O6/c1-25-22-42(26(2)24-43)36(45)32-21-31(40-37(46)39-30-15-13-29(38)14-16-30)17-18-33(32)48-27(3)10-8-9-19-47-34(25)23-41(4)35(44)20-28-11-6-5-7-12-28/h5-7,11-18,21,25-27,34,43H,8-10,19-20,22-24H2,1-4H3,(H2,39,40,46)/t25-,26+,27+,34-/m0/s1. The largest absolute Gasteiger partial charge is 0.490 e. The Labute approximate surface area is 282 Å². The van der Waals surface area contributed by atoms with Gasteiger partial charge in [0.25, 0.3) is 5.91 Å². The molecule has 3 N–H and O–H groups in total. The fraction of sp³-hybridized carbons (Fsp3) is 0.432. The quantitative estimate of drug-likeness (QED) is 0.274. The molecule has 4 atom stereocenters. The van der Waals surface area contributed by atoms with Gasteiger partial charge in [-0.15, -0.1) is 0 Å². The molecule has 0 bridgehead atoms. The Kier molecular flexibility index (Phi) is 13.3. The van der Waals surface area contributed by atoms with E-state index in [2.05, 4.69) is 10.6 Å². The van der Waals surface area contributed by atoms with Crippen LogP contribution in [0, 0.1) is 11.7 Å². The van der Waals surface area contributed by atoms with Crippen LogP contribution in [0.25, 0.3) is 0 Å². The third-order valence-corrected chi connectivity index (χ3v) is 8.49. The van der Waals surface area contributed by atoms with Gasteiger partial charge in [0.15, 0.2) is 0 Å². The second-order valence-electron chi connectivity index (χ2n) is 12.5. The van der Waals surface area contributed by atoms with E-state index >= 15 is 0 Å². The van der Waals surface area contributed by atoms with E-state index in [1.807, 2.05) is 44.2 Å². The van der Waals surface area contributed by atoms with Gasteiger partial charge in [-0.05, 0) is 81.1 Å². The van der Waals surface area contributed by atoms with E-state index < -0.39 is 17.9 Å². The highest BCUT2D eigenvalue weighted by Crippen LogP contribution is 2.29. The first-order valence-corrected chi connectivity index (χ1v) is 16.5. The van der Waals surface area contributed by atoms with Gasteiger partial charge in [-0.3, -0.25) is 9.59 Å². The molecular weight excluding hydrogens is 615 g/mol. The van der Waals surface area contributed by atoms with Crippen molar-refractivity contribution < 1.29 is 33.4 Å². The molecule has 0 saturated heterocycles. The highest BCUT2D eigenvalue weighted by atomic mass is 19.1. The second kappa shape index (κ2) is 17.6. The molecule has 3 aromatic carbocycles. The fourth-order valence-electron chi connectivity index (χ4n) is 5.57. The van der Waals surface area contributed by atoms with Gasteiger partial charge >= 0.3 is 6.03 Å². The van der Waals surface area contributed by atoms with Crippen LogP contribution in [-0.4, -0.2) is 84.4 Å². The van der Waals surface area contributed by atoms with Crippen molar-refractivity contribution in [1.82, 2.24) is 9.80 Å². The Morgan fingerprint density at radius 2 is 1.71 bits per heavy atom. The van der Waals surface area contributed by atoms with E-state index in [0.717, 1.165) is 24.8 Å². The van der Waals surface area contributed by atoms with E-state index in [0.29, 0.717) is 30.3 Å². The van der Waals surface area contributed by atoms with Crippen LogP contribution in [0.1, 0.15) is 56.0 Å². The Morgan fingerprint density at radius 3 is 2.42 bits per heavy atom. The van der Waals surface area contributed by atoms with E-state index in [4.69, 9.17) is 9.47 Å². The van der Waals surface area contributed by atoms with Crippen molar-refractivity contribution >= 4 is 29.2 Å². The first kappa shape index (κ1) is 36.4. The van der Waals surface area contributed by atoms with E-state index in [9.17, 15) is 23.9 Å². The van der Waals surface area contributed by atoms with Crippen molar-refractivity contribution in [3.8, 4) is 5.75 Å². The number of carbonyl (C=O) groups is 3. The van der Waals surface area contributed by atoms with Crippen molar-refractivity contribution in [3.63, 3.8) is 0 Å². The van der Waals surface area contributed by atoms with Crippen molar-refractivity contribution in [2.24, 2.45) is 5.92 Å². The Bertz CT molecular complexity index is 1510. The maximum atomic E-state index is 14.3. The summed E-state index contributed by atoms with van der Waals surface area (Å²) in [5, 5.41) is 15.6. The minimum atomic E-state index is -0.565. The highest BCUT2D eigenvalue weighted by molar-refractivity contribution is 6.02. The number of anilines is 2. The van der Waals surface area contributed by atoms with E-state index in [1.54, 1.807) is 42.0 Å². The molecule has 11 heteroatoms. The fourth-order valence-corrected chi connectivity index (χ4v) is 5.57. The van der Waals surface area contributed by atoms with Gasteiger partial charge in [0, 0.05) is 44.0 Å². The summed E-state index contributed by atoms with van der Waals surface area (Å²) >= 11 is 0. The molecule has 3 aromatic rings. The molecule has 0 spiro atoms. The molecule has 10 nitrogen and oxygen atoms in total. The number of rotatable bonds is 8. The van der Waals surface area contributed by atoms with Gasteiger partial charge in [0.05, 0.1) is 36.8 Å². The molecular formula is C37H47FN4O6. The number of hydrogen-bond donors (Lipinski definition) is 3. The molecule has 4 amide bonds. The molecule has 4 rings (SSSR count). The van der Waals surface area contributed by atoms with Crippen LogP contribution in [0.2, 0.25) is 0 Å². The van der Waals surface area contributed by atoms with Crippen molar-refractivity contribution in [1.29, 1.82) is 0 Å². The number of aliphatic hydroxyl groups excluding tert-OH is 1. The molecule has 0 aromatic heterocycles. The monoisotopic (exact) mass is 662 g/mol. The average molecular weight is 663 g/mol. The predicted octanol–water partition coefficient (Wildman–Crippen LogP) is 5.97. The lowest BCUT2D eigenvalue weighted by atomic mass is 10.0. The maximum Gasteiger partial charge on any atom is 0.323 e. The van der Waals surface area contributed by atoms with Gasteiger partial charge in [-0.1, -0.05) is 37.3 Å². The first-order chi connectivity index (χ1) is 23.0. The SMILES string of the molecule is C[C@@H]1CCCCO[C@@H](CN(C)C(=O)Cc2ccccc2)[C@@H](C)CN([C@H](C)CO)C(=O)c2cc(NC(=O)Nc3ccc(F)cc3)ccc2O1. The topological polar surface area (TPSA) is 120 Å². The predicted molar refractivity (Wildman–Crippen MR) is 184 cm³/mol. The number of carbonyl (C=O) groups excluding carboxylic acids is 3. The lowest BCUT2D eigenvalue weighted by Gasteiger charge is -2.36. The van der Waals surface area contributed by atoms with Gasteiger partial charge in [0.1, 0.15) is 11.6 Å². The van der Waals surface area contributed by atoms with Crippen LogP contribution >= 0.6 is 0 Å². The lowest BCUT2D eigenvalue weighted by molar-refractivity contribution is -0.131. The van der Waals surface area contributed by atoms with Crippen LogP contribution in [0.15, 0.2) is 72.8 Å². The number of amides is 4. The molecule has 0 saturated carbocycles. The number of aliphatic hydroxyl groups is 1. The first-order valence-electron chi connectivity index (χ1n) is 16.5. The summed E-state index contributed by atoms with van der Waals surface area (Å²) in [7, 11) is 1.77. The number of ether oxygens (including phenoxy) is 2.